The quantitative estimate of drug-likeness (QED) is 0.0637. The minimum atomic E-state index is -4.63. The van der Waals surface area contributed by atoms with E-state index in [4.69, 9.17) is 16.3 Å². The van der Waals surface area contributed by atoms with Crippen molar-refractivity contribution in [2.45, 2.75) is 38.4 Å². The summed E-state index contributed by atoms with van der Waals surface area (Å²) in [5, 5.41) is 14.1. The molecule has 1 fully saturated rings. The second-order valence-electron chi connectivity index (χ2n) is 13.3. The number of benzene rings is 3. The second kappa shape index (κ2) is 15.6. The molecule has 0 radical (unpaired) electrons. The van der Waals surface area contributed by atoms with Crippen molar-refractivity contribution < 1.29 is 41.1 Å². The molecule has 20 heteroatoms. The highest BCUT2D eigenvalue weighted by Gasteiger charge is 2.45. The first-order valence-corrected chi connectivity index (χ1v) is 17.7. The van der Waals surface area contributed by atoms with Gasteiger partial charge in [-0.3, -0.25) is 19.7 Å². The van der Waals surface area contributed by atoms with Crippen LogP contribution in [-0.2, 0) is 15.1 Å². The zero-order valence-electron chi connectivity index (χ0n) is 28.9. The summed E-state index contributed by atoms with van der Waals surface area (Å²) in [6, 6.07) is 14.4. The third-order valence-electron chi connectivity index (χ3n) is 8.18. The lowest BCUT2D eigenvalue weighted by Gasteiger charge is -2.25. The van der Waals surface area contributed by atoms with Crippen molar-refractivity contribution in [2.24, 2.45) is 5.41 Å². The molecule has 0 unspecified atom stereocenters. The van der Waals surface area contributed by atoms with Crippen molar-refractivity contribution in [3.05, 3.63) is 88.4 Å². The summed E-state index contributed by atoms with van der Waals surface area (Å²) in [5.41, 5.74) is 0.168. The molecule has 5 N–H and O–H groups in total. The minimum absolute atomic E-state index is 0.0135. The number of nitrogens with zero attached hydrogens (tertiary/aromatic N) is 4. The number of carbonyl (C=O) groups excluding carboxylic acids is 3. The number of thiazole rings is 1. The topological polar surface area (TPSA) is 172 Å². The van der Waals surface area contributed by atoms with Gasteiger partial charge in [-0.25, -0.2) is 13.8 Å². The summed E-state index contributed by atoms with van der Waals surface area (Å²) >= 11 is 6.83. The lowest BCUT2D eigenvalue weighted by Crippen LogP contribution is -2.44. The Morgan fingerprint density at radius 2 is 1.55 bits per heavy atom. The Balaban J connectivity index is 1.03. The van der Waals surface area contributed by atoms with Crippen molar-refractivity contribution in [1.29, 1.82) is 0 Å². The maximum absolute atomic E-state index is 13.9. The fourth-order valence-electron chi connectivity index (χ4n) is 5.16. The summed E-state index contributed by atoms with van der Waals surface area (Å²) in [7, 11) is 0. The first-order chi connectivity index (χ1) is 26.0. The molecule has 0 aliphatic heterocycles. The number of fused-ring (bicyclic) bond motifs is 1. The first-order valence-electron chi connectivity index (χ1n) is 16.5. The Morgan fingerprint density at radius 1 is 0.873 bits per heavy atom. The van der Waals surface area contributed by atoms with E-state index in [0.29, 0.717) is 16.8 Å². The number of rotatable bonds is 13. The average Bonchev–Trinajstić information content (AvgIpc) is 3.79. The van der Waals surface area contributed by atoms with Gasteiger partial charge >= 0.3 is 24.0 Å². The lowest BCUT2D eigenvalue weighted by molar-refractivity contribution is -0.154. The van der Waals surface area contributed by atoms with Gasteiger partial charge in [-0.15, -0.1) is 0 Å². The van der Waals surface area contributed by atoms with Gasteiger partial charge in [-0.05, 0) is 66.3 Å². The fourth-order valence-corrected chi connectivity index (χ4v) is 6.18. The molecule has 0 atom stereocenters. The van der Waals surface area contributed by atoms with Crippen molar-refractivity contribution in [3.63, 3.8) is 0 Å². The smallest absolute Gasteiger partial charge is 0.422 e. The number of alkyl halides is 3. The molecule has 55 heavy (non-hydrogen) atoms. The van der Waals surface area contributed by atoms with Crippen LogP contribution < -0.4 is 31.3 Å². The van der Waals surface area contributed by atoms with Crippen LogP contribution in [0.25, 0.3) is 10.2 Å². The number of anilines is 4. The molecule has 1 saturated carbocycles. The van der Waals surface area contributed by atoms with Gasteiger partial charge in [0.2, 0.25) is 11.9 Å². The second-order valence-corrected chi connectivity index (χ2v) is 14.8. The van der Waals surface area contributed by atoms with Gasteiger partial charge in [-0.2, -0.15) is 28.1 Å². The van der Waals surface area contributed by atoms with Crippen molar-refractivity contribution in [1.82, 2.24) is 30.6 Å². The Morgan fingerprint density at radius 3 is 2.22 bits per heavy atom. The van der Waals surface area contributed by atoms with E-state index in [0.717, 1.165) is 35.8 Å². The summed E-state index contributed by atoms with van der Waals surface area (Å²) in [5.74, 6) is -4.34. The summed E-state index contributed by atoms with van der Waals surface area (Å²) < 4.78 is 71.2. The number of aromatic nitrogens is 4. The van der Waals surface area contributed by atoms with Crippen LogP contribution in [0.15, 0.2) is 60.7 Å². The molecule has 3 aromatic carbocycles. The Kier molecular flexibility index (Phi) is 11.1. The third-order valence-corrected chi connectivity index (χ3v) is 9.35. The van der Waals surface area contributed by atoms with E-state index in [9.17, 15) is 36.3 Å². The molecule has 1 aliphatic rings. The molecule has 288 valence electrons. The largest absolute Gasteiger partial charge is 0.454 e. The Bertz CT molecular complexity index is 2230. The molecule has 3 amide bonds. The molecular weight excluding hydrogens is 773 g/mol. The maximum Gasteiger partial charge on any atom is 0.422 e. The molecule has 5 aromatic rings. The van der Waals surface area contributed by atoms with E-state index in [1.54, 1.807) is 38.1 Å². The van der Waals surface area contributed by atoms with Crippen molar-refractivity contribution in [3.8, 4) is 6.01 Å². The third kappa shape index (κ3) is 10.3. The predicted octanol–water partition coefficient (Wildman–Crippen LogP) is 6.71. The van der Waals surface area contributed by atoms with Gasteiger partial charge in [0.25, 0.3) is 5.91 Å². The maximum atomic E-state index is 13.9. The number of ether oxygens (including phenoxy) is 1. The zero-order valence-corrected chi connectivity index (χ0v) is 30.5. The molecule has 1 aliphatic carbocycles. The summed E-state index contributed by atoms with van der Waals surface area (Å²) in [6.45, 7) is 1.96. The van der Waals surface area contributed by atoms with Gasteiger partial charge in [-0.1, -0.05) is 48.9 Å². The van der Waals surface area contributed by atoms with E-state index in [1.165, 1.54) is 12.1 Å². The number of halogens is 6. The van der Waals surface area contributed by atoms with Crippen LogP contribution in [0.2, 0.25) is 5.02 Å². The van der Waals surface area contributed by atoms with Crippen molar-refractivity contribution in [2.75, 3.05) is 35.6 Å². The molecule has 0 saturated heterocycles. The SMILES string of the molecule is CC(C)(CNC(=O)C(=O)Nc1nc2c(F)cc(F)cc2s1)CNC(=O)c1ccc(Nc2nc(NC3(c4ccc(Cl)cc4)CC3)nc(OCC(F)(F)F)n2)cc1. The Labute approximate surface area is 318 Å². The zero-order chi connectivity index (χ0) is 39.5. The highest BCUT2D eigenvalue weighted by molar-refractivity contribution is 7.22. The summed E-state index contributed by atoms with van der Waals surface area (Å²) in [4.78, 5) is 54.1. The van der Waals surface area contributed by atoms with Crippen LogP contribution in [0.4, 0.5) is 44.7 Å². The monoisotopic (exact) mass is 803 g/mol. The molecule has 2 heterocycles. The number of hydrogen-bond acceptors (Lipinski definition) is 11. The highest BCUT2D eigenvalue weighted by atomic mass is 35.5. The lowest BCUT2D eigenvalue weighted by atomic mass is 9.93. The average molecular weight is 804 g/mol. The van der Waals surface area contributed by atoms with Crippen LogP contribution in [0, 0.1) is 17.0 Å². The normalized spacial score (nSPS) is 13.5. The van der Waals surface area contributed by atoms with E-state index in [2.05, 4.69) is 46.5 Å². The standard InChI is InChI=1S/C35H31ClF5N9O4S/c1-33(2,16-43-27(52)28(53)46-32-45-25-23(38)13-21(37)14-24(25)55-32)15-42-26(51)18-3-9-22(10-4-18)44-29-47-30(49-31(48-29)54-17-35(39,40)41)50-34(11-12-34)19-5-7-20(36)8-6-19/h3-10,13-14H,11-12,15-17H2,1-2H3,(H,42,51)(H,43,52)(H,45,46,53)(H2,44,47,48,49,50). The minimum Gasteiger partial charge on any atom is -0.454 e. The van der Waals surface area contributed by atoms with Gasteiger partial charge in [0.15, 0.2) is 17.6 Å². The number of nitrogens with one attached hydrogen (secondary N) is 5. The highest BCUT2D eigenvalue weighted by Crippen LogP contribution is 2.48. The first kappa shape index (κ1) is 39.0. The molecule has 0 bridgehead atoms. The van der Waals surface area contributed by atoms with Gasteiger partial charge in [0.1, 0.15) is 11.3 Å². The van der Waals surface area contributed by atoms with Crippen LogP contribution >= 0.6 is 22.9 Å². The van der Waals surface area contributed by atoms with E-state index < -0.39 is 59.1 Å². The summed E-state index contributed by atoms with van der Waals surface area (Å²) in [6.07, 6.45) is -3.19. The molecule has 6 rings (SSSR count). The van der Waals surface area contributed by atoms with E-state index in [-0.39, 0.29) is 45.9 Å². The van der Waals surface area contributed by atoms with Crippen LogP contribution in [-0.4, -0.2) is 63.5 Å². The molecule has 0 spiro atoms. The molecule has 2 aromatic heterocycles. The van der Waals surface area contributed by atoms with Crippen molar-refractivity contribution >= 4 is 73.6 Å². The van der Waals surface area contributed by atoms with E-state index >= 15 is 0 Å². The Hall–Kier alpha value is -5.69. The van der Waals surface area contributed by atoms with Crippen LogP contribution in [0.3, 0.4) is 0 Å². The van der Waals surface area contributed by atoms with Gasteiger partial charge in [0, 0.05) is 35.4 Å². The number of carbonyl (C=O) groups is 3. The van der Waals surface area contributed by atoms with Crippen LogP contribution in [0.5, 0.6) is 6.01 Å². The van der Waals surface area contributed by atoms with Gasteiger partial charge < -0.3 is 26.0 Å². The van der Waals surface area contributed by atoms with Crippen LogP contribution in [0.1, 0.15) is 42.6 Å². The number of hydrogen-bond donors (Lipinski definition) is 5. The number of amides is 3. The predicted molar refractivity (Wildman–Crippen MR) is 194 cm³/mol. The molecule has 13 nitrogen and oxygen atoms in total. The molecular formula is C35H31ClF5N9O4S. The van der Waals surface area contributed by atoms with E-state index in [1.807, 2.05) is 12.1 Å². The fraction of sp³-hybridized carbons (Fsp3) is 0.286. The van der Waals surface area contributed by atoms with Gasteiger partial charge in [0.05, 0.1) is 10.2 Å².